The van der Waals surface area contributed by atoms with Crippen LogP contribution in [0.1, 0.15) is 18.5 Å². The molecule has 36 heavy (non-hydrogen) atoms. The highest BCUT2D eigenvalue weighted by Crippen LogP contribution is 2.35. The smallest absolute Gasteiger partial charge is 0.338 e. The molecule has 4 rings (SSSR count). The first-order valence-corrected chi connectivity index (χ1v) is 13.5. The first kappa shape index (κ1) is 26.2. The zero-order valence-corrected chi connectivity index (χ0v) is 21.8. The van der Waals surface area contributed by atoms with Gasteiger partial charge >= 0.3 is 12.0 Å². The number of benzene rings is 2. The van der Waals surface area contributed by atoms with Gasteiger partial charge in [-0.3, -0.25) is 9.80 Å². The summed E-state index contributed by atoms with van der Waals surface area (Å²) < 4.78 is 32.8. The number of amides is 2. The Morgan fingerprint density at radius 2 is 1.69 bits per heavy atom. The second kappa shape index (κ2) is 11.0. The van der Waals surface area contributed by atoms with E-state index in [1.165, 1.54) is 9.21 Å². The first-order valence-electron chi connectivity index (χ1n) is 11.7. The Labute approximate surface area is 216 Å². The molecule has 0 bridgehead atoms. The van der Waals surface area contributed by atoms with Gasteiger partial charge in [0.1, 0.15) is 0 Å². The molecular weight excluding hydrogens is 504 g/mol. The van der Waals surface area contributed by atoms with E-state index in [9.17, 15) is 18.0 Å². The van der Waals surface area contributed by atoms with E-state index in [1.54, 1.807) is 68.6 Å². The van der Waals surface area contributed by atoms with Crippen molar-refractivity contribution in [3.8, 4) is 0 Å². The summed E-state index contributed by atoms with van der Waals surface area (Å²) in [6, 6.07) is 14.3. The first-order chi connectivity index (χ1) is 17.2. The summed E-state index contributed by atoms with van der Waals surface area (Å²) in [5.41, 5.74) is 1.41. The maximum atomic E-state index is 13.1. The summed E-state index contributed by atoms with van der Waals surface area (Å²) in [7, 11) is -1.99. The highest BCUT2D eigenvalue weighted by molar-refractivity contribution is 7.89. The van der Waals surface area contributed by atoms with Gasteiger partial charge in [0.2, 0.25) is 10.0 Å². The van der Waals surface area contributed by atoms with Crippen LogP contribution in [0.5, 0.6) is 0 Å². The lowest BCUT2D eigenvalue weighted by atomic mass is 9.94. The van der Waals surface area contributed by atoms with Crippen LogP contribution in [-0.2, 0) is 19.6 Å². The Hall–Kier alpha value is -2.92. The molecule has 1 N–H and O–H groups in total. The Balaban J connectivity index is 1.60. The second-order valence-electron chi connectivity index (χ2n) is 8.54. The molecular formula is C25H29ClN4O5S. The quantitative estimate of drug-likeness (QED) is 0.551. The zero-order chi connectivity index (χ0) is 25.9. The van der Waals surface area contributed by atoms with Crippen molar-refractivity contribution in [1.29, 1.82) is 0 Å². The predicted molar refractivity (Wildman–Crippen MR) is 136 cm³/mol. The minimum Gasteiger partial charge on any atom is -0.463 e. The van der Waals surface area contributed by atoms with Crippen LogP contribution in [-0.4, -0.2) is 80.9 Å². The fourth-order valence-corrected chi connectivity index (χ4v) is 6.11. The van der Waals surface area contributed by atoms with Crippen molar-refractivity contribution >= 4 is 33.6 Å². The van der Waals surface area contributed by atoms with Crippen LogP contribution in [0.4, 0.5) is 4.79 Å². The minimum atomic E-state index is -3.59. The Kier molecular flexibility index (Phi) is 7.99. The summed E-state index contributed by atoms with van der Waals surface area (Å²) in [4.78, 5) is 29.7. The van der Waals surface area contributed by atoms with Gasteiger partial charge < -0.3 is 10.1 Å². The predicted octanol–water partition coefficient (Wildman–Crippen LogP) is 2.86. The lowest BCUT2D eigenvalue weighted by molar-refractivity contribution is -0.139. The van der Waals surface area contributed by atoms with Gasteiger partial charge in [-0.15, -0.1) is 0 Å². The van der Waals surface area contributed by atoms with Crippen LogP contribution in [0.3, 0.4) is 0 Å². The number of carbonyl (C=O) groups excluding carboxylic acids is 2. The molecule has 0 radical (unpaired) electrons. The normalized spacial score (nSPS) is 19.8. The van der Waals surface area contributed by atoms with Crippen molar-refractivity contribution in [2.45, 2.75) is 17.9 Å². The fourth-order valence-electron chi connectivity index (χ4n) is 4.42. The molecule has 11 heteroatoms. The molecule has 9 nitrogen and oxygen atoms in total. The number of urea groups is 1. The van der Waals surface area contributed by atoms with Crippen LogP contribution in [0.2, 0.25) is 5.02 Å². The van der Waals surface area contributed by atoms with Crippen molar-refractivity contribution < 1.29 is 22.7 Å². The number of likely N-dealkylation sites (N-methyl/N-ethyl adjacent to an activating group) is 1. The van der Waals surface area contributed by atoms with Gasteiger partial charge in [0.15, 0.2) is 0 Å². The highest BCUT2D eigenvalue weighted by Gasteiger charge is 2.39. The van der Waals surface area contributed by atoms with Gasteiger partial charge in [-0.2, -0.15) is 4.31 Å². The van der Waals surface area contributed by atoms with Crippen LogP contribution in [0, 0.1) is 0 Å². The second-order valence-corrected chi connectivity index (χ2v) is 10.9. The Bertz CT molecular complexity index is 1260. The van der Waals surface area contributed by atoms with Crippen molar-refractivity contribution in [2.24, 2.45) is 0 Å². The summed E-state index contributed by atoms with van der Waals surface area (Å²) in [5, 5.41) is 3.29. The fraction of sp³-hybridized carbons (Fsp3) is 0.360. The zero-order valence-electron chi connectivity index (χ0n) is 20.2. The monoisotopic (exact) mass is 532 g/mol. The molecule has 2 aromatic rings. The number of nitrogens with one attached hydrogen (secondary N) is 1. The average Bonchev–Trinajstić information content (AvgIpc) is 2.88. The summed E-state index contributed by atoms with van der Waals surface area (Å²) in [5.74, 6) is -0.533. The number of nitrogens with zero attached hydrogens (tertiary/aromatic N) is 3. The van der Waals surface area contributed by atoms with Crippen LogP contribution in [0.25, 0.3) is 0 Å². The van der Waals surface area contributed by atoms with Crippen LogP contribution < -0.4 is 5.32 Å². The van der Waals surface area contributed by atoms with Crippen molar-refractivity contribution in [3.05, 3.63) is 76.5 Å². The van der Waals surface area contributed by atoms with E-state index in [4.69, 9.17) is 16.3 Å². The Morgan fingerprint density at radius 3 is 2.33 bits per heavy atom. The van der Waals surface area contributed by atoms with Gasteiger partial charge in [-0.25, -0.2) is 18.0 Å². The van der Waals surface area contributed by atoms with Crippen molar-refractivity contribution in [2.75, 3.05) is 46.4 Å². The van der Waals surface area contributed by atoms with Crippen LogP contribution >= 0.6 is 11.6 Å². The van der Waals surface area contributed by atoms with Crippen molar-refractivity contribution in [1.82, 2.24) is 19.4 Å². The molecule has 0 saturated carbocycles. The van der Waals surface area contributed by atoms with E-state index in [1.807, 2.05) is 4.90 Å². The Morgan fingerprint density at radius 1 is 1.06 bits per heavy atom. The third kappa shape index (κ3) is 5.27. The van der Waals surface area contributed by atoms with E-state index in [-0.39, 0.29) is 24.1 Å². The lowest BCUT2D eigenvalue weighted by Crippen LogP contribution is -2.53. The molecule has 2 amide bonds. The average molecular weight is 533 g/mol. The summed E-state index contributed by atoms with van der Waals surface area (Å²) >= 11 is 6.43. The molecule has 0 aliphatic carbocycles. The largest absolute Gasteiger partial charge is 0.463 e. The molecule has 2 aromatic carbocycles. The summed E-state index contributed by atoms with van der Waals surface area (Å²) in [6.45, 7) is 3.65. The molecule has 0 spiro atoms. The van der Waals surface area contributed by atoms with Gasteiger partial charge in [0.05, 0.1) is 23.1 Å². The number of rotatable bonds is 7. The van der Waals surface area contributed by atoms with Gasteiger partial charge in [-0.05, 0) is 30.7 Å². The molecule has 2 aliphatic heterocycles. The number of carbonyl (C=O) groups is 2. The molecule has 0 aromatic heterocycles. The van der Waals surface area contributed by atoms with E-state index >= 15 is 0 Å². The van der Waals surface area contributed by atoms with Gasteiger partial charge in [0, 0.05) is 50.5 Å². The lowest BCUT2D eigenvalue weighted by Gasteiger charge is -2.39. The van der Waals surface area contributed by atoms with E-state index in [0.29, 0.717) is 48.0 Å². The number of ether oxygens (including phenoxy) is 1. The van der Waals surface area contributed by atoms with Crippen molar-refractivity contribution in [3.63, 3.8) is 0 Å². The number of hydrogen-bond donors (Lipinski definition) is 1. The van der Waals surface area contributed by atoms with E-state index in [0.717, 1.165) is 0 Å². The standard InChI is InChI=1S/C25H29ClN4O5S/c1-3-35-24(31)22-21(28(2)25(32)27-23(22)19-11-7-8-12-20(19)26)17-29-13-15-30(16-14-29)36(33,34)18-9-5-4-6-10-18/h4-12,23H,3,13-17H2,1-2H3,(H,27,32)/t23-/m1/s1. The number of sulfonamides is 1. The molecule has 2 aliphatic rings. The third-order valence-electron chi connectivity index (χ3n) is 6.37. The minimum absolute atomic E-state index is 0.179. The summed E-state index contributed by atoms with van der Waals surface area (Å²) in [6.07, 6.45) is 0. The SMILES string of the molecule is CCOC(=O)C1=C(CN2CCN(S(=O)(=O)c3ccccc3)CC2)N(C)C(=O)N[C@@H]1c1ccccc1Cl. The molecule has 1 saturated heterocycles. The molecule has 1 fully saturated rings. The maximum absolute atomic E-state index is 13.1. The molecule has 192 valence electrons. The number of piperazine rings is 1. The van der Waals surface area contributed by atoms with Gasteiger partial charge in [0.25, 0.3) is 0 Å². The number of halogens is 1. The third-order valence-corrected chi connectivity index (χ3v) is 8.63. The number of hydrogen-bond acceptors (Lipinski definition) is 6. The number of esters is 1. The maximum Gasteiger partial charge on any atom is 0.338 e. The molecule has 1 atom stereocenters. The highest BCUT2D eigenvalue weighted by atomic mass is 35.5. The molecule has 2 heterocycles. The topological polar surface area (TPSA) is 99.3 Å². The van der Waals surface area contributed by atoms with Gasteiger partial charge in [-0.1, -0.05) is 48.0 Å². The van der Waals surface area contributed by atoms with Crippen LogP contribution in [0.15, 0.2) is 70.8 Å². The van der Waals surface area contributed by atoms with E-state index in [2.05, 4.69) is 5.32 Å². The van der Waals surface area contributed by atoms with E-state index < -0.39 is 22.0 Å². The molecule has 0 unspecified atom stereocenters.